The van der Waals surface area contributed by atoms with E-state index in [9.17, 15) is 18.0 Å². The van der Waals surface area contributed by atoms with Crippen LogP contribution in [0.15, 0.2) is 41.3 Å². The number of anilines is 1. The van der Waals surface area contributed by atoms with E-state index in [0.29, 0.717) is 24.2 Å². The van der Waals surface area contributed by atoms with E-state index in [-0.39, 0.29) is 16.7 Å². The fourth-order valence-electron chi connectivity index (χ4n) is 3.36. The summed E-state index contributed by atoms with van der Waals surface area (Å²) in [5.74, 6) is -0.157. The summed E-state index contributed by atoms with van der Waals surface area (Å²) in [6, 6.07) is 10.2. The first-order chi connectivity index (χ1) is 14.1. The fourth-order valence-corrected chi connectivity index (χ4v) is 4.38. The van der Waals surface area contributed by atoms with Gasteiger partial charge in [0.1, 0.15) is 0 Å². The predicted octanol–water partition coefficient (Wildman–Crippen LogP) is 2.93. The molecule has 2 aromatic rings. The maximum Gasteiger partial charge on any atom is 0.255 e. The minimum Gasteiger partial charge on any atom is -0.338 e. The van der Waals surface area contributed by atoms with E-state index in [1.54, 1.807) is 18.2 Å². The molecule has 3 rings (SSSR count). The summed E-state index contributed by atoms with van der Waals surface area (Å²) >= 11 is 0. The summed E-state index contributed by atoms with van der Waals surface area (Å²) < 4.78 is 26.1. The van der Waals surface area contributed by atoms with Crippen LogP contribution in [0.3, 0.4) is 0 Å². The van der Waals surface area contributed by atoms with Crippen LogP contribution < -0.4 is 5.32 Å². The average Bonchev–Trinajstić information content (AvgIpc) is 3.10. The van der Waals surface area contributed by atoms with Gasteiger partial charge in [-0.05, 0) is 61.2 Å². The molecule has 0 aliphatic carbocycles. The summed E-state index contributed by atoms with van der Waals surface area (Å²) in [4.78, 5) is 26.5. The van der Waals surface area contributed by atoms with Crippen LogP contribution in [0.5, 0.6) is 0 Å². The van der Waals surface area contributed by atoms with Crippen LogP contribution in [-0.4, -0.2) is 50.1 Å². The van der Waals surface area contributed by atoms with Crippen molar-refractivity contribution in [2.24, 2.45) is 0 Å². The van der Waals surface area contributed by atoms with Crippen molar-refractivity contribution in [2.45, 2.75) is 38.1 Å². The van der Waals surface area contributed by atoms with Crippen molar-refractivity contribution in [2.75, 3.05) is 26.0 Å². The van der Waals surface area contributed by atoms with Gasteiger partial charge in [-0.3, -0.25) is 9.59 Å². The zero-order valence-electron chi connectivity index (χ0n) is 17.7. The molecule has 0 spiro atoms. The van der Waals surface area contributed by atoms with Crippen molar-refractivity contribution in [3.8, 4) is 0 Å². The van der Waals surface area contributed by atoms with E-state index < -0.39 is 10.0 Å². The first-order valence-electron chi connectivity index (χ1n) is 9.81. The molecule has 0 aromatic heterocycles. The van der Waals surface area contributed by atoms with Gasteiger partial charge in [0.2, 0.25) is 15.9 Å². The van der Waals surface area contributed by atoms with E-state index in [2.05, 4.69) is 5.32 Å². The molecule has 8 heteroatoms. The Morgan fingerprint density at radius 2 is 1.80 bits per heavy atom. The Kier molecular flexibility index (Phi) is 6.28. The molecule has 0 saturated carbocycles. The number of carbonyl (C=O) groups is 2. The normalized spacial score (nSPS) is 14.4. The van der Waals surface area contributed by atoms with Gasteiger partial charge in [-0.2, -0.15) is 0 Å². The summed E-state index contributed by atoms with van der Waals surface area (Å²) in [5.41, 5.74) is 3.48. The van der Waals surface area contributed by atoms with E-state index >= 15 is 0 Å². The molecule has 2 amide bonds. The van der Waals surface area contributed by atoms with Crippen LogP contribution in [0.25, 0.3) is 0 Å². The first-order valence-corrected chi connectivity index (χ1v) is 11.3. The lowest BCUT2D eigenvalue weighted by molar-refractivity contribution is -0.128. The lowest BCUT2D eigenvalue weighted by atomic mass is 10.1. The van der Waals surface area contributed by atoms with Gasteiger partial charge in [0.05, 0.1) is 4.90 Å². The highest BCUT2D eigenvalue weighted by Crippen LogP contribution is 2.26. The number of hydrogen-bond donors (Lipinski definition) is 1. The number of likely N-dealkylation sites (tertiary alicyclic amines) is 1. The third-order valence-electron chi connectivity index (χ3n) is 5.43. The summed E-state index contributed by atoms with van der Waals surface area (Å²) in [6.07, 6.45) is 1.49. The lowest BCUT2D eigenvalue weighted by Gasteiger charge is -2.17. The molecule has 0 radical (unpaired) electrons. The van der Waals surface area contributed by atoms with Gasteiger partial charge in [-0.1, -0.05) is 12.1 Å². The molecule has 160 valence electrons. The number of sulfonamides is 1. The van der Waals surface area contributed by atoms with Crippen LogP contribution in [-0.2, 0) is 21.4 Å². The van der Waals surface area contributed by atoms with Crippen molar-refractivity contribution in [3.05, 3.63) is 58.7 Å². The van der Waals surface area contributed by atoms with Gasteiger partial charge in [0.15, 0.2) is 0 Å². The van der Waals surface area contributed by atoms with Gasteiger partial charge < -0.3 is 10.2 Å². The number of benzene rings is 2. The molecule has 30 heavy (non-hydrogen) atoms. The second kappa shape index (κ2) is 8.57. The molecule has 1 aliphatic rings. The smallest absolute Gasteiger partial charge is 0.255 e. The Balaban J connectivity index is 1.78. The third-order valence-corrected chi connectivity index (χ3v) is 7.22. The third kappa shape index (κ3) is 4.55. The highest BCUT2D eigenvalue weighted by Gasteiger charge is 2.21. The van der Waals surface area contributed by atoms with Crippen LogP contribution in [0, 0.1) is 13.8 Å². The maximum absolute atomic E-state index is 12.7. The Morgan fingerprint density at radius 1 is 1.13 bits per heavy atom. The molecule has 0 bridgehead atoms. The van der Waals surface area contributed by atoms with Crippen LogP contribution in [0.1, 0.15) is 39.9 Å². The molecular formula is C22H27N3O4S. The molecule has 0 unspecified atom stereocenters. The molecule has 2 aromatic carbocycles. The molecule has 0 atom stereocenters. The minimum absolute atomic E-state index is 0.136. The number of aryl methyl sites for hydroxylation is 1. The van der Waals surface area contributed by atoms with Crippen molar-refractivity contribution >= 4 is 27.5 Å². The van der Waals surface area contributed by atoms with Crippen molar-refractivity contribution < 1.29 is 18.0 Å². The van der Waals surface area contributed by atoms with Gasteiger partial charge >= 0.3 is 0 Å². The van der Waals surface area contributed by atoms with Crippen molar-refractivity contribution in [1.29, 1.82) is 0 Å². The molecule has 7 nitrogen and oxygen atoms in total. The van der Waals surface area contributed by atoms with E-state index in [1.165, 1.54) is 20.2 Å². The fraction of sp³-hybridized carbons (Fsp3) is 0.364. The van der Waals surface area contributed by atoms with Crippen molar-refractivity contribution in [1.82, 2.24) is 9.21 Å². The predicted molar refractivity (Wildman–Crippen MR) is 116 cm³/mol. The Morgan fingerprint density at radius 3 is 2.37 bits per heavy atom. The SMILES string of the molecule is Cc1cc(S(=O)(=O)N(C)C)cc(NC(=O)c2ccc(CN3CCCC3=O)cc2)c1C. The van der Waals surface area contributed by atoms with E-state index in [0.717, 1.165) is 34.0 Å². The Labute approximate surface area is 177 Å². The van der Waals surface area contributed by atoms with Crippen LogP contribution in [0.4, 0.5) is 5.69 Å². The summed E-state index contributed by atoms with van der Waals surface area (Å²) in [7, 11) is -0.666. The maximum atomic E-state index is 12.7. The highest BCUT2D eigenvalue weighted by atomic mass is 32.2. The number of amides is 2. The molecule has 1 heterocycles. The molecule has 1 aliphatic heterocycles. The van der Waals surface area contributed by atoms with E-state index in [4.69, 9.17) is 0 Å². The number of nitrogens with zero attached hydrogens (tertiary/aromatic N) is 2. The number of hydrogen-bond acceptors (Lipinski definition) is 4. The molecule has 1 fully saturated rings. The van der Waals surface area contributed by atoms with Crippen molar-refractivity contribution in [3.63, 3.8) is 0 Å². The lowest BCUT2D eigenvalue weighted by Crippen LogP contribution is -2.24. The second-order valence-electron chi connectivity index (χ2n) is 7.77. The number of rotatable bonds is 6. The minimum atomic E-state index is -3.61. The van der Waals surface area contributed by atoms with Crippen LogP contribution in [0.2, 0.25) is 0 Å². The summed E-state index contributed by atoms with van der Waals surface area (Å²) in [5, 5.41) is 2.83. The van der Waals surface area contributed by atoms with Gasteiger partial charge in [-0.15, -0.1) is 0 Å². The average molecular weight is 430 g/mol. The highest BCUT2D eigenvalue weighted by molar-refractivity contribution is 7.89. The van der Waals surface area contributed by atoms with Crippen LogP contribution >= 0.6 is 0 Å². The Hall–Kier alpha value is -2.71. The second-order valence-corrected chi connectivity index (χ2v) is 9.92. The number of carbonyl (C=O) groups excluding carboxylic acids is 2. The van der Waals surface area contributed by atoms with Gasteiger partial charge in [0, 0.05) is 44.9 Å². The zero-order chi connectivity index (χ0) is 22.1. The number of nitrogens with one attached hydrogen (secondary N) is 1. The first kappa shape index (κ1) is 22.0. The largest absolute Gasteiger partial charge is 0.338 e. The Bertz CT molecular complexity index is 1080. The molecular weight excluding hydrogens is 402 g/mol. The van der Waals surface area contributed by atoms with Gasteiger partial charge in [-0.25, -0.2) is 12.7 Å². The quantitative estimate of drug-likeness (QED) is 0.765. The molecule has 1 N–H and O–H groups in total. The van der Waals surface area contributed by atoms with E-state index in [1.807, 2.05) is 30.9 Å². The zero-order valence-corrected chi connectivity index (χ0v) is 18.5. The summed E-state index contributed by atoms with van der Waals surface area (Å²) in [6.45, 7) is 4.97. The topological polar surface area (TPSA) is 86.8 Å². The standard InChI is InChI=1S/C22H27N3O4S/c1-15-12-19(30(28,29)24(3)4)13-20(16(15)2)23-22(27)18-9-7-17(8-10-18)14-25-11-5-6-21(25)26/h7-10,12-13H,5-6,11,14H2,1-4H3,(H,23,27). The monoisotopic (exact) mass is 429 g/mol. The van der Waals surface area contributed by atoms with Gasteiger partial charge in [0.25, 0.3) is 5.91 Å². The molecule has 1 saturated heterocycles.